The summed E-state index contributed by atoms with van der Waals surface area (Å²) in [5, 5.41) is 1.18. The molecule has 0 spiro atoms. The molecule has 2 aromatic heterocycles. The third kappa shape index (κ3) is 1.90. The molecule has 0 amide bonds. The second-order valence-corrected chi connectivity index (χ2v) is 6.59. The molecule has 3 rings (SSSR count). The van der Waals surface area contributed by atoms with E-state index >= 15 is 0 Å². The molecule has 0 radical (unpaired) electrons. The third-order valence-electron chi connectivity index (χ3n) is 2.52. The Bertz CT molecular complexity index is 729. The highest BCUT2D eigenvalue weighted by Crippen LogP contribution is 2.33. The molecule has 18 heavy (non-hydrogen) atoms. The van der Waals surface area contributed by atoms with Crippen molar-refractivity contribution in [2.24, 2.45) is 5.92 Å². The maximum atomic E-state index is 12.0. The van der Waals surface area contributed by atoms with Crippen molar-refractivity contribution in [2.45, 2.75) is 17.9 Å². The normalized spacial score (nSPS) is 16.1. The van der Waals surface area contributed by atoms with Gasteiger partial charge in [-0.25, -0.2) is 4.98 Å². The van der Waals surface area contributed by atoms with Gasteiger partial charge in [-0.2, -0.15) is 8.42 Å². The van der Waals surface area contributed by atoms with Crippen LogP contribution in [0.5, 0.6) is 0 Å². The molecule has 1 saturated carbocycles. The fourth-order valence-corrected chi connectivity index (χ4v) is 3.84. The van der Waals surface area contributed by atoms with Crippen LogP contribution in [0.1, 0.15) is 12.8 Å². The fourth-order valence-electron chi connectivity index (χ4n) is 1.50. The molecule has 9 heteroatoms. The molecule has 1 aliphatic carbocycles. The molecule has 1 fully saturated rings. The van der Waals surface area contributed by atoms with E-state index in [1.165, 1.54) is 21.9 Å². The molecule has 6 nitrogen and oxygen atoms in total. The number of hydrogen-bond acceptors (Lipinski definition) is 6. The number of halogens is 1. The summed E-state index contributed by atoms with van der Waals surface area (Å²) in [6, 6.07) is 0. The van der Waals surface area contributed by atoms with Gasteiger partial charge < -0.3 is 4.18 Å². The number of nitrogens with zero attached hydrogens (tertiary/aromatic N) is 2. The van der Waals surface area contributed by atoms with Gasteiger partial charge in [-0.3, -0.25) is 9.20 Å². The number of rotatable bonds is 3. The highest BCUT2D eigenvalue weighted by Gasteiger charge is 2.37. The van der Waals surface area contributed by atoms with E-state index in [9.17, 15) is 13.2 Å². The minimum absolute atomic E-state index is 0.189. The fraction of sp³-hybridized carbons (Fsp3) is 0.333. The lowest BCUT2D eigenvalue weighted by Gasteiger charge is -2.03. The third-order valence-corrected chi connectivity index (χ3v) is 4.90. The highest BCUT2D eigenvalue weighted by atomic mass is 35.5. The molecule has 96 valence electrons. The van der Waals surface area contributed by atoms with E-state index in [1.807, 2.05) is 0 Å². The van der Waals surface area contributed by atoms with Crippen molar-refractivity contribution in [1.29, 1.82) is 0 Å². The van der Waals surface area contributed by atoms with Crippen molar-refractivity contribution in [2.75, 3.05) is 0 Å². The molecule has 1 aliphatic rings. The van der Waals surface area contributed by atoms with Crippen LogP contribution in [-0.2, 0) is 19.1 Å². The van der Waals surface area contributed by atoms with Crippen molar-refractivity contribution >= 4 is 44.0 Å². The molecule has 0 atom stereocenters. The monoisotopic (exact) mass is 306 g/mol. The number of carbonyl (C=O) groups excluding carboxylic acids is 1. The lowest BCUT2D eigenvalue weighted by atomic mass is 10.5. The molecule has 0 N–H and O–H groups in total. The SMILES string of the molecule is O=C(OS(=O)(=O)c1c(Cl)nc2sccn12)C1CC1. The zero-order chi connectivity index (χ0) is 12.9. The van der Waals surface area contributed by atoms with Crippen LogP contribution in [0.2, 0.25) is 5.15 Å². The molecule has 0 unspecified atom stereocenters. The van der Waals surface area contributed by atoms with Crippen LogP contribution in [0.15, 0.2) is 16.6 Å². The van der Waals surface area contributed by atoms with E-state index in [2.05, 4.69) is 9.17 Å². The van der Waals surface area contributed by atoms with Gasteiger partial charge in [-0.15, -0.1) is 11.3 Å². The minimum atomic E-state index is -4.22. The van der Waals surface area contributed by atoms with E-state index in [0.29, 0.717) is 17.8 Å². The summed E-state index contributed by atoms with van der Waals surface area (Å²) in [7, 11) is -4.22. The van der Waals surface area contributed by atoms with E-state index in [4.69, 9.17) is 11.6 Å². The van der Waals surface area contributed by atoms with Crippen molar-refractivity contribution < 1.29 is 17.4 Å². The van der Waals surface area contributed by atoms with Gasteiger partial charge in [0, 0.05) is 11.6 Å². The Kier molecular flexibility index (Phi) is 2.61. The number of fused-ring (bicyclic) bond motifs is 1. The lowest BCUT2D eigenvalue weighted by Crippen LogP contribution is -2.16. The second kappa shape index (κ2) is 3.94. The molecule has 2 aromatic rings. The minimum Gasteiger partial charge on any atom is -0.341 e. The summed E-state index contributed by atoms with van der Waals surface area (Å²) in [6.45, 7) is 0. The maximum absolute atomic E-state index is 12.0. The molecule has 0 saturated heterocycles. The van der Waals surface area contributed by atoms with Gasteiger partial charge in [0.15, 0.2) is 10.1 Å². The zero-order valence-electron chi connectivity index (χ0n) is 8.87. The van der Waals surface area contributed by atoms with Crippen molar-refractivity contribution in [3.8, 4) is 0 Å². The Labute approximate surface area is 111 Å². The maximum Gasteiger partial charge on any atom is 0.361 e. The summed E-state index contributed by atoms with van der Waals surface area (Å²) < 4.78 is 29.8. The average molecular weight is 307 g/mol. The Balaban J connectivity index is 2.04. The van der Waals surface area contributed by atoms with Crippen LogP contribution in [-0.4, -0.2) is 23.8 Å². The number of thiazole rings is 1. The largest absolute Gasteiger partial charge is 0.361 e. The molecule has 0 aromatic carbocycles. The standard InChI is InChI=1S/C9H7ClN2O4S2/c10-6-7(12-3-4-17-9(12)11-6)18(14,15)16-8(13)5-1-2-5/h3-5H,1-2H2. The number of imidazole rings is 1. The number of aromatic nitrogens is 2. The molecular formula is C9H7ClN2O4S2. The Morgan fingerprint density at radius 3 is 2.94 bits per heavy atom. The summed E-state index contributed by atoms with van der Waals surface area (Å²) >= 11 is 7.01. The van der Waals surface area contributed by atoms with Gasteiger partial charge in [0.25, 0.3) is 0 Å². The topological polar surface area (TPSA) is 77.7 Å². The Hall–Kier alpha value is -1.12. The molecule has 0 bridgehead atoms. The van der Waals surface area contributed by atoms with Gasteiger partial charge in [0.2, 0.25) is 5.03 Å². The first-order chi connectivity index (χ1) is 8.49. The van der Waals surface area contributed by atoms with Gasteiger partial charge in [-0.05, 0) is 12.8 Å². The van der Waals surface area contributed by atoms with Crippen LogP contribution in [0.3, 0.4) is 0 Å². The van der Waals surface area contributed by atoms with E-state index < -0.39 is 16.1 Å². The quantitative estimate of drug-likeness (QED) is 0.806. The first kappa shape index (κ1) is 11.9. The van der Waals surface area contributed by atoms with Crippen LogP contribution < -0.4 is 0 Å². The zero-order valence-corrected chi connectivity index (χ0v) is 11.3. The number of carbonyl (C=O) groups is 1. The summed E-state index contributed by atoms with van der Waals surface area (Å²) in [5.41, 5.74) is 0. The van der Waals surface area contributed by atoms with Crippen LogP contribution in [0.4, 0.5) is 0 Å². The van der Waals surface area contributed by atoms with Crippen molar-refractivity contribution in [3.63, 3.8) is 0 Å². The predicted molar refractivity (Wildman–Crippen MR) is 64.1 cm³/mol. The van der Waals surface area contributed by atoms with E-state index in [-0.39, 0.29) is 16.1 Å². The summed E-state index contributed by atoms with van der Waals surface area (Å²) in [4.78, 5) is 15.7. The molecule has 2 heterocycles. The smallest absolute Gasteiger partial charge is 0.341 e. The first-order valence-electron chi connectivity index (χ1n) is 5.08. The van der Waals surface area contributed by atoms with Crippen molar-refractivity contribution in [3.05, 3.63) is 16.7 Å². The Morgan fingerprint density at radius 2 is 2.28 bits per heavy atom. The second-order valence-electron chi connectivity index (χ2n) is 3.89. The lowest BCUT2D eigenvalue weighted by molar-refractivity contribution is -0.135. The van der Waals surface area contributed by atoms with E-state index in [0.717, 1.165) is 0 Å². The predicted octanol–water partition coefficient (Wildman–Crippen LogP) is 1.69. The summed E-state index contributed by atoms with van der Waals surface area (Å²) in [5.74, 6) is -1.03. The van der Waals surface area contributed by atoms with Gasteiger partial charge in [0.05, 0.1) is 5.92 Å². The number of hydrogen-bond donors (Lipinski definition) is 0. The average Bonchev–Trinajstić information content (AvgIpc) is 2.94. The van der Waals surface area contributed by atoms with Crippen molar-refractivity contribution in [1.82, 2.24) is 9.38 Å². The molecule has 0 aliphatic heterocycles. The van der Waals surface area contributed by atoms with Crippen LogP contribution in [0.25, 0.3) is 4.96 Å². The van der Waals surface area contributed by atoms with Crippen LogP contribution >= 0.6 is 22.9 Å². The highest BCUT2D eigenvalue weighted by molar-refractivity contribution is 7.87. The first-order valence-corrected chi connectivity index (χ1v) is 7.75. The van der Waals surface area contributed by atoms with Gasteiger partial charge in [-0.1, -0.05) is 11.6 Å². The Morgan fingerprint density at radius 1 is 1.56 bits per heavy atom. The van der Waals surface area contributed by atoms with Crippen LogP contribution in [0, 0.1) is 5.92 Å². The van der Waals surface area contributed by atoms with Gasteiger partial charge >= 0.3 is 16.1 Å². The van der Waals surface area contributed by atoms with E-state index in [1.54, 1.807) is 5.38 Å². The summed E-state index contributed by atoms with van der Waals surface area (Å²) in [6.07, 6.45) is 2.85. The van der Waals surface area contributed by atoms with Gasteiger partial charge in [0.1, 0.15) is 0 Å². The molecular weight excluding hydrogens is 300 g/mol.